The van der Waals surface area contributed by atoms with E-state index >= 15 is 0 Å². The van der Waals surface area contributed by atoms with E-state index in [1.165, 1.54) is 24.3 Å². The quantitative estimate of drug-likeness (QED) is 0.828. The number of halogens is 3. The summed E-state index contributed by atoms with van der Waals surface area (Å²) in [5.74, 6) is 0. The summed E-state index contributed by atoms with van der Waals surface area (Å²) in [5.41, 5.74) is -0.0225. The van der Waals surface area contributed by atoms with Gasteiger partial charge in [0, 0.05) is 0 Å². The van der Waals surface area contributed by atoms with E-state index in [2.05, 4.69) is 0 Å². The first-order valence-corrected chi connectivity index (χ1v) is 6.35. The SMILES string of the molecule is CC(CC(F)(F)F)(c1ccccc1)P(=O)(O)O. The maximum absolute atomic E-state index is 12.4. The van der Waals surface area contributed by atoms with Gasteiger partial charge in [-0.15, -0.1) is 0 Å². The molecule has 1 rings (SSSR count). The van der Waals surface area contributed by atoms with Gasteiger partial charge in [-0.3, -0.25) is 4.57 Å². The second kappa shape index (κ2) is 4.44. The van der Waals surface area contributed by atoms with Crippen molar-refractivity contribution in [2.75, 3.05) is 0 Å². The van der Waals surface area contributed by atoms with E-state index in [1.54, 1.807) is 6.07 Å². The molecule has 0 fully saturated rings. The van der Waals surface area contributed by atoms with Crippen LogP contribution in [0.15, 0.2) is 30.3 Å². The molecular formula is C10H12F3O3P. The lowest BCUT2D eigenvalue weighted by Gasteiger charge is -2.31. The molecule has 0 aromatic heterocycles. The minimum absolute atomic E-state index is 0.0225. The highest BCUT2D eigenvalue weighted by molar-refractivity contribution is 7.53. The van der Waals surface area contributed by atoms with Crippen LogP contribution in [0.5, 0.6) is 0 Å². The number of hydrogen-bond acceptors (Lipinski definition) is 1. The van der Waals surface area contributed by atoms with Crippen LogP contribution in [-0.4, -0.2) is 16.0 Å². The Morgan fingerprint density at radius 3 is 2.00 bits per heavy atom. The van der Waals surface area contributed by atoms with Crippen molar-refractivity contribution in [2.24, 2.45) is 0 Å². The van der Waals surface area contributed by atoms with E-state index < -0.39 is 25.3 Å². The highest BCUT2D eigenvalue weighted by Gasteiger charge is 2.51. The maximum Gasteiger partial charge on any atom is 0.390 e. The van der Waals surface area contributed by atoms with Crippen molar-refractivity contribution in [3.05, 3.63) is 35.9 Å². The summed E-state index contributed by atoms with van der Waals surface area (Å²) in [6, 6.07) is 7.02. The average molecular weight is 268 g/mol. The molecule has 0 aliphatic rings. The van der Waals surface area contributed by atoms with Crippen molar-refractivity contribution in [2.45, 2.75) is 24.7 Å². The molecular weight excluding hydrogens is 256 g/mol. The topological polar surface area (TPSA) is 57.5 Å². The Morgan fingerprint density at radius 2 is 1.65 bits per heavy atom. The van der Waals surface area contributed by atoms with Gasteiger partial charge in [0.1, 0.15) is 5.16 Å². The lowest BCUT2D eigenvalue weighted by molar-refractivity contribution is -0.142. The van der Waals surface area contributed by atoms with Crippen molar-refractivity contribution < 1.29 is 27.5 Å². The third-order valence-corrected chi connectivity index (χ3v) is 4.29. The second-order valence-electron chi connectivity index (χ2n) is 3.98. The van der Waals surface area contributed by atoms with Crippen LogP contribution in [0.1, 0.15) is 18.9 Å². The van der Waals surface area contributed by atoms with Crippen LogP contribution in [0.25, 0.3) is 0 Å². The summed E-state index contributed by atoms with van der Waals surface area (Å²) in [4.78, 5) is 18.3. The van der Waals surface area contributed by atoms with E-state index in [0.717, 1.165) is 6.92 Å². The van der Waals surface area contributed by atoms with E-state index in [4.69, 9.17) is 9.79 Å². The van der Waals surface area contributed by atoms with Crippen LogP contribution < -0.4 is 0 Å². The molecule has 1 atom stereocenters. The first kappa shape index (κ1) is 14.2. The zero-order valence-electron chi connectivity index (χ0n) is 8.98. The Kier molecular flexibility index (Phi) is 3.72. The molecule has 0 aliphatic heterocycles. The van der Waals surface area contributed by atoms with Gasteiger partial charge in [-0.05, 0) is 12.5 Å². The normalized spacial score (nSPS) is 16.6. The molecule has 1 unspecified atom stereocenters. The van der Waals surface area contributed by atoms with Gasteiger partial charge in [0.25, 0.3) is 0 Å². The van der Waals surface area contributed by atoms with Gasteiger partial charge < -0.3 is 9.79 Å². The molecule has 2 N–H and O–H groups in total. The second-order valence-corrected chi connectivity index (χ2v) is 6.05. The fraction of sp³-hybridized carbons (Fsp3) is 0.400. The predicted octanol–water partition coefficient (Wildman–Crippen LogP) is 3.03. The number of hydrogen-bond donors (Lipinski definition) is 2. The van der Waals surface area contributed by atoms with Gasteiger partial charge in [0.2, 0.25) is 0 Å². The summed E-state index contributed by atoms with van der Waals surface area (Å²) in [6.07, 6.45) is -6.21. The molecule has 17 heavy (non-hydrogen) atoms. The summed E-state index contributed by atoms with van der Waals surface area (Å²) in [7, 11) is -4.93. The lowest BCUT2D eigenvalue weighted by Crippen LogP contribution is -2.29. The minimum atomic E-state index is -4.93. The van der Waals surface area contributed by atoms with Gasteiger partial charge in [-0.1, -0.05) is 30.3 Å². The lowest BCUT2D eigenvalue weighted by atomic mass is 9.96. The standard InChI is InChI=1S/C10H12F3O3P/c1-9(17(14,15)16,7-10(11,12)13)8-5-3-2-4-6-8/h2-6H,7H2,1H3,(H2,14,15,16). The number of alkyl halides is 3. The van der Waals surface area contributed by atoms with Crippen molar-refractivity contribution in [3.63, 3.8) is 0 Å². The van der Waals surface area contributed by atoms with Crippen LogP contribution in [0.2, 0.25) is 0 Å². The Labute approximate surface area is 96.4 Å². The predicted molar refractivity (Wildman–Crippen MR) is 56.5 cm³/mol. The van der Waals surface area contributed by atoms with Gasteiger partial charge in [0.05, 0.1) is 6.42 Å². The zero-order chi connectivity index (χ0) is 13.3. The molecule has 96 valence electrons. The Balaban J connectivity index is 3.27. The van der Waals surface area contributed by atoms with Crippen LogP contribution in [0.4, 0.5) is 13.2 Å². The van der Waals surface area contributed by atoms with Crippen molar-refractivity contribution in [1.82, 2.24) is 0 Å². The van der Waals surface area contributed by atoms with E-state index in [1.807, 2.05) is 0 Å². The molecule has 0 saturated heterocycles. The largest absolute Gasteiger partial charge is 0.390 e. The zero-order valence-corrected chi connectivity index (χ0v) is 9.87. The van der Waals surface area contributed by atoms with Gasteiger partial charge in [0.15, 0.2) is 0 Å². The molecule has 1 aromatic rings. The molecule has 3 nitrogen and oxygen atoms in total. The van der Waals surface area contributed by atoms with E-state index in [-0.39, 0.29) is 5.56 Å². The molecule has 0 bridgehead atoms. The molecule has 0 heterocycles. The summed E-state index contributed by atoms with van der Waals surface area (Å²) >= 11 is 0. The number of benzene rings is 1. The highest BCUT2D eigenvalue weighted by Crippen LogP contribution is 2.60. The van der Waals surface area contributed by atoms with Crippen LogP contribution in [0, 0.1) is 0 Å². The first-order chi connectivity index (χ1) is 7.56. The summed E-state index contributed by atoms with van der Waals surface area (Å²) in [5, 5.41) is -2.24. The van der Waals surface area contributed by atoms with Gasteiger partial charge in [-0.25, -0.2) is 0 Å². The fourth-order valence-corrected chi connectivity index (χ4v) is 2.43. The molecule has 0 saturated carbocycles. The van der Waals surface area contributed by atoms with Crippen molar-refractivity contribution in [1.29, 1.82) is 0 Å². The first-order valence-electron chi connectivity index (χ1n) is 4.74. The third-order valence-electron chi connectivity index (χ3n) is 2.58. The van der Waals surface area contributed by atoms with E-state index in [9.17, 15) is 17.7 Å². The molecule has 1 aromatic carbocycles. The maximum atomic E-state index is 12.4. The van der Waals surface area contributed by atoms with Crippen molar-refractivity contribution in [3.8, 4) is 0 Å². The van der Waals surface area contributed by atoms with Crippen LogP contribution in [-0.2, 0) is 9.72 Å². The molecule has 0 aliphatic carbocycles. The Hall–Kier alpha value is -0.840. The fourth-order valence-electron chi connectivity index (χ4n) is 1.56. The molecule has 0 amide bonds. The number of rotatable bonds is 3. The van der Waals surface area contributed by atoms with Gasteiger partial charge in [-0.2, -0.15) is 13.2 Å². The van der Waals surface area contributed by atoms with Crippen LogP contribution in [0.3, 0.4) is 0 Å². The third kappa shape index (κ3) is 3.31. The Morgan fingerprint density at radius 1 is 1.18 bits per heavy atom. The van der Waals surface area contributed by atoms with E-state index in [0.29, 0.717) is 0 Å². The monoisotopic (exact) mass is 268 g/mol. The van der Waals surface area contributed by atoms with Crippen LogP contribution >= 0.6 is 7.60 Å². The smallest absolute Gasteiger partial charge is 0.324 e. The van der Waals surface area contributed by atoms with Gasteiger partial charge >= 0.3 is 13.8 Å². The summed E-state index contributed by atoms with van der Waals surface area (Å²) in [6.45, 7) is 0.927. The minimum Gasteiger partial charge on any atom is -0.324 e. The highest BCUT2D eigenvalue weighted by atomic mass is 31.2. The Bertz CT molecular complexity index is 426. The molecule has 0 radical (unpaired) electrons. The molecule has 0 spiro atoms. The summed E-state index contributed by atoms with van der Waals surface area (Å²) < 4.78 is 48.6. The molecule has 7 heteroatoms. The average Bonchev–Trinajstić information content (AvgIpc) is 2.14. The van der Waals surface area contributed by atoms with Crippen molar-refractivity contribution >= 4 is 7.60 Å².